The van der Waals surface area contributed by atoms with Crippen LogP contribution in [0.25, 0.3) is 0 Å². The Labute approximate surface area is 84.3 Å². The summed E-state index contributed by atoms with van der Waals surface area (Å²) in [6, 6.07) is 9.29. The molecule has 3 heteroatoms. The largest absolute Gasteiger partial charge is 0.330 e. The first-order chi connectivity index (χ1) is 6.84. The zero-order valence-corrected chi connectivity index (χ0v) is 8.20. The summed E-state index contributed by atoms with van der Waals surface area (Å²) in [5.41, 5.74) is 6.09. The van der Waals surface area contributed by atoms with Crippen molar-refractivity contribution in [3.05, 3.63) is 35.9 Å². The molecule has 14 heavy (non-hydrogen) atoms. The van der Waals surface area contributed by atoms with E-state index >= 15 is 0 Å². The summed E-state index contributed by atoms with van der Waals surface area (Å²) in [6.07, 6.45) is 0.905. The van der Waals surface area contributed by atoms with Crippen molar-refractivity contribution in [3.63, 3.8) is 0 Å². The third kappa shape index (κ3) is 3.68. The topological polar surface area (TPSA) is 55.1 Å². The summed E-state index contributed by atoms with van der Waals surface area (Å²) in [4.78, 5) is 11.5. The molecule has 0 aliphatic heterocycles. The van der Waals surface area contributed by atoms with Crippen LogP contribution in [-0.2, 0) is 0 Å². The Balaban J connectivity index is 2.29. The molecule has 0 spiro atoms. The van der Waals surface area contributed by atoms with Gasteiger partial charge in [-0.3, -0.25) is 4.79 Å². The van der Waals surface area contributed by atoms with E-state index in [1.807, 2.05) is 30.3 Å². The maximum Gasteiger partial charge on any atom is 0.176 e. The molecule has 0 saturated heterocycles. The second-order valence-electron chi connectivity index (χ2n) is 3.11. The molecule has 3 N–H and O–H groups in total. The van der Waals surface area contributed by atoms with E-state index in [1.54, 1.807) is 0 Å². The van der Waals surface area contributed by atoms with Gasteiger partial charge in [0.05, 0.1) is 6.54 Å². The van der Waals surface area contributed by atoms with Crippen LogP contribution in [0.15, 0.2) is 30.3 Å². The van der Waals surface area contributed by atoms with Crippen LogP contribution in [0.4, 0.5) is 0 Å². The monoisotopic (exact) mass is 192 g/mol. The maximum absolute atomic E-state index is 11.5. The minimum atomic E-state index is 0.127. The van der Waals surface area contributed by atoms with Crippen molar-refractivity contribution >= 4 is 5.78 Å². The number of hydrogen-bond acceptors (Lipinski definition) is 3. The van der Waals surface area contributed by atoms with Gasteiger partial charge >= 0.3 is 0 Å². The first-order valence-electron chi connectivity index (χ1n) is 4.83. The number of rotatable bonds is 6. The molecule has 0 aromatic heterocycles. The van der Waals surface area contributed by atoms with Crippen LogP contribution in [0.5, 0.6) is 0 Å². The fraction of sp³-hybridized carbons (Fsp3) is 0.364. The normalized spacial score (nSPS) is 10.1. The number of nitrogens with one attached hydrogen (secondary N) is 1. The Morgan fingerprint density at radius 2 is 2.00 bits per heavy atom. The molecule has 1 rings (SSSR count). The predicted molar refractivity (Wildman–Crippen MR) is 57.3 cm³/mol. The van der Waals surface area contributed by atoms with E-state index in [4.69, 9.17) is 5.73 Å². The van der Waals surface area contributed by atoms with Gasteiger partial charge in [-0.2, -0.15) is 0 Å². The molecule has 3 nitrogen and oxygen atoms in total. The third-order valence-corrected chi connectivity index (χ3v) is 1.94. The first-order valence-corrected chi connectivity index (χ1v) is 4.83. The van der Waals surface area contributed by atoms with Gasteiger partial charge in [-0.25, -0.2) is 0 Å². The van der Waals surface area contributed by atoms with E-state index in [0.717, 1.165) is 18.5 Å². The van der Waals surface area contributed by atoms with Crippen LogP contribution in [0.2, 0.25) is 0 Å². The lowest BCUT2D eigenvalue weighted by Gasteiger charge is -2.02. The molecule has 1 aromatic carbocycles. The predicted octanol–water partition coefficient (Wildman–Crippen LogP) is 0.808. The Kier molecular flexibility index (Phi) is 4.89. The minimum absolute atomic E-state index is 0.127. The van der Waals surface area contributed by atoms with Gasteiger partial charge in [0, 0.05) is 5.56 Å². The summed E-state index contributed by atoms with van der Waals surface area (Å²) in [7, 11) is 0. The highest BCUT2D eigenvalue weighted by molar-refractivity contribution is 5.97. The molecule has 1 aromatic rings. The van der Waals surface area contributed by atoms with Crippen molar-refractivity contribution in [1.29, 1.82) is 0 Å². The average Bonchev–Trinajstić information content (AvgIpc) is 2.25. The Hall–Kier alpha value is -1.19. The molecule has 0 aliphatic rings. The molecule has 0 fully saturated rings. The van der Waals surface area contributed by atoms with Gasteiger partial charge in [0.1, 0.15) is 0 Å². The zero-order valence-electron chi connectivity index (χ0n) is 8.20. The maximum atomic E-state index is 11.5. The smallest absolute Gasteiger partial charge is 0.176 e. The number of hydrogen-bond donors (Lipinski definition) is 2. The highest BCUT2D eigenvalue weighted by Crippen LogP contribution is 1.98. The molecular weight excluding hydrogens is 176 g/mol. The molecular formula is C11H16N2O. The lowest BCUT2D eigenvalue weighted by Crippen LogP contribution is -2.25. The van der Waals surface area contributed by atoms with Gasteiger partial charge < -0.3 is 11.1 Å². The van der Waals surface area contributed by atoms with Gasteiger partial charge in [0.15, 0.2) is 5.78 Å². The number of carbonyl (C=O) groups is 1. The van der Waals surface area contributed by atoms with E-state index in [9.17, 15) is 4.79 Å². The van der Waals surface area contributed by atoms with Gasteiger partial charge in [-0.15, -0.1) is 0 Å². The van der Waals surface area contributed by atoms with Crippen LogP contribution < -0.4 is 11.1 Å². The van der Waals surface area contributed by atoms with Crippen LogP contribution in [0, 0.1) is 0 Å². The number of carbonyl (C=O) groups excluding carboxylic acids is 1. The third-order valence-electron chi connectivity index (χ3n) is 1.94. The minimum Gasteiger partial charge on any atom is -0.330 e. The summed E-state index contributed by atoms with van der Waals surface area (Å²) < 4.78 is 0. The summed E-state index contributed by atoms with van der Waals surface area (Å²) in [6.45, 7) is 1.85. The van der Waals surface area contributed by atoms with Crippen molar-refractivity contribution in [2.45, 2.75) is 6.42 Å². The van der Waals surface area contributed by atoms with Crippen LogP contribution >= 0.6 is 0 Å². The zero-order chi connectivity index (χ0) is 10.2. The second kappa shape index (κ2) is 6.29. The molecule has 0 unspecified atom stereocenters. The van der Waals surface area contributed by atoms with E-state index in [2.05, 4.69) is 5.32 Å². The summed E-state index contributed by atoms with van der Waals surface area (Å²) >= 11 is 0. The molecule has 76 valence electrons. The average molecular weight is 192 g/mol. The highest BCUT2D eigenvalue weighted by atomic mass is 16.1. The van der Waals surface area contributed by atoms with Crippen molar-refractivity contribution in [2.75, 3.05) is 19.6 Å². The van der Waals surface area contributed by atoms with E-state index in [1.165, 1.54) is 0 Å². The molecule has 0 bridgehead atoms. The van der Waals surface area contributed by atoms with Crippen molar-refractivity contribution in [1.82, 2.24) is 5.32 Å². The van der Waals surface area contributed by atoms with Crippen LogP contribution in [0.3, 0.4) is 0 Å². The lowest BCUT2D eigenvalue weighted by molar-refractivity contribution is 0.0991. The molecule has 0 heterocycles. The standard InChI is InChI=1S/C11H16N2O/c12-7-4-8-13-9-11(14)10-5-2-1-3-6-10/h1-3,5-6,13H,4,7-9,12H2. The van der Waals surface area contributed by atoms with Crippen LogP contribution in [-0.4, -0.2) is 25.4 Å². The first kappa shape index (κ1) is 10.9. The van der Waals surface area contributed by atoms with E-state index in [0.29, 0.717) is 13.1 Å². The van der Waals surface area contributed by atoms with Gasteiger partial charge in [-0.05, 0) is 19.5 Å². The fourth-order valence-corrected chi connectivity index (χ4v) is 1.16. The quantitative estimate of drug-likeness (QED) is 0.518. The van der Waals surface area contributed by atoms with Crippen LogP contribution in [0.1, 0.15) is 16.8 Å². The van der Waals surface area contributed by atoms with E-state index in [-0.39, 0.29) is 5.78 Å². The Morgan fingerprint density at radius 1 is 1.29 bits per heavy atom. The lowest BCUT2D eigenvalue weighted by atomic mass is 10.1. The molecule has 0 saturated carbocycles. The van der Waals surface area contributed by atoms with Crippen molar-refractivity contribution in [3.8, 4) is 0 Å². The Bertz CT molecular complexity index is 272. The van der Waals surface area contributed by atoms with E-state index < -0.39 is 0 Å². The highest BCUT2D eigenvalue weighted by Gasteiger charge is 2.02. The summed E-state index contributed by atoms with van der Waals surface area (Å²) in [5, 5.41) is 3.06. The van der Waals surface area contributed by atoms with Gasteiger partial charge in [-0.1, -0.05) is 30.3 Å². The molecule has 0 atom stereocenters. The van der Waals surface area contributed by atoms with Gasteiger partial charge in [0.2, 0.25) is 0 Å². The van der Waals surface area contributed by atoms with Gasteiger partial charge in [0.25, 0.3) is 0 Å². The van der Waals surface area contributed by atoms with Crippen molar-refractivity contribution in [2.24, 2.45) is 5.73 Å². The summed E-state index contributed by atoms with van der Waals surface area (Å²) in [5.74, 6) is 0.127. The number of benzene rings is 1. The molecule has 0 radical (unpaired) electrons. The second-order valence-corrected chi connectivity index (χ2v) is 3.11. The fourth-order valence-electron chi connectivity index (χ4n) is 1.16. The molecule has 0 aliphatic carbocycles. The molecule has 0 amide bonds. The van der Waals surface area contributed by atoms with Crippen molar-refractivity contribution < 1.29 is 4.79 Å². The SMILES string of the molecule is NCCCNCC(=O)c1ccccc1. The number of nitrogens with two attached hydrogens (primary N) is 1. The number of Topliss-reactive ketones (excluding diaryl/α,β-unsaturated/α-hetero) is 1. The number of ketones is 1. The Morgan fingerprint density at radius 3 is 2.64 bits per heavy atom.